The second kappa shape index (κ2) is 8.48. The SMILES string of the molecule is Cc1c(NC(=O)CCN(C)Cc2ccc(F)cc2F)cccc1[N+](=O)[O-]. The van der Waals surface area contributed by atoms with Gasteiger partial charge in [-0.2, -0.15) is 0 Å². The number of carbonyl (C=O) groups is 1. The summed E-state index contributed by atoms with van der Waals surface area (Å²) in [5.41, 5.74) is 1.04. The third-order valence-corrected chi connectivity index (χ3v) is 3.95. The van der Waals surface area contributed by atoms with Crippen LogP contribution in [0.3, 0.4) is 0 Å². The molecule has 0 fully saturated rings. The highest BCUT2D eigenvalue weighted by Crippen LogP contribution is 2.25. The molecule has 0 aliphatic rings. The molecule has 0 heterocycles. The Labute approximate surface area is 149 Å². The minimum atomic E-state index is -0.638. The summed E-state index contributed by atoms with van der Waals surface area (Å²) >= 11 is 0. The zero-order chi connectivity index (χ0) is 19.3. The number of nitro groups is 1. The molecule has 0 aliphatic heterocycles. The number of anilines is 1. The molecule has 6 nitrogen and oxygen atoms in total. The zero-order valence-corrected chi connectivity index (χ0v) is 14.5. The standard InChI is InChI=1S/C18H19F2N3O3/c1-12-16(4-3-5-17(12)23(25)26)21-18(24)8-9-22(2)11-13-6-7-14(19)10-15(13)20/h3-7,10H,8-9,11H2,1-2H3,(H,21,24). The highest BCUT2D eigenvalue weighted by atomic mass is 19.1. The largest absolute Gasteiger partial charge is 0.326 e. The predicted molar refractivity (Wildman–Crippen MR) is 93.8 cm³/mol. The van der Waals surface area contributed by atoms with Crippen molar-refractivity contribution >= 4 is 17.3 Å². The van der Waals surface area contributed by atoms with Crippen LogP contribution in [-0.4, -0.2) is 29.3 Å². The maximum Gasteiger partial charge on any atom is 0.274 e. The van der Waals surface area contributed by atoms with E-state index in [2.05, 4.69) is 5.32 Å². The third-order valence-electron chi connectivity index (χ3n) is 3.95. The second-order valence-electron chi connectivity index (χ2n) is 5.98. The summed E-state index contributed by atoms with van der Waals surface area (Å²) in [5.74, 6) is -1.57. The van der Waals surface area contributed by atoms with Crippen molar-refractivity contribution in [1.82, 2.24) is 4.90 Å². The number of carbonyl (C=O) groups excluding carboxylic acids is 1. The molecule has 2 aromatic rings. The maximum absolute atomic E-state index is 13.6. The lowest BCUT2D eigenvalue weighted by atomic mass is 10.1. The maximum atomic E-state index is 13.6. The molecule has 2 aromatic carbocycles. The molecule has 0 saturated carbocycles. The first-order valence-corrected chi connectivity index (χ1v) is 7.94. The van der Waals surface area contributed by atoms with Crippen molar-refractivity contribution in [2.75, 3.05) is 18.9 Å². The summed E-state index contributed by atoms with van der Waals surface area (Å²) in [4.78, 5) is 24.2. The van der Waals surface area contributed by atoms with Gasteiger partial charge >= 0.3 is 0 Å². The van der Waals surface area contributed by atoms with Gasteiger partial charge in [0.25, 0.3) is 5.69 Å². The Hall–Kier alpha value is -2.87. The molecular weight excluding hydrogens is 344 g/mol. The van der Waals surface area contributed by atoms with Gasteiger partial charge < -0.3 is 10.2 Å². The quantitative estimate of drug-likeness (QED) is 0.602. The van der Waals surface area contributed by atoms with Crippen molar-refractivity contribution in [2.45, 2.75) is 19.9 Å². The van der Waals surface area contributed by atoms with E-state index in [9.17, 15) is 23.7 Å². The molecule has 2 rings (SSSR count). The minimum Gasteiger partial charge on any atom is -0.326 e. The minimum absolute atomic E-state index is 0.0632. The van der Waals surface area contributed by atoms with E-state index in [0.29, 0.717) is 23.4 Å². The second-order valence-corrected chi connectivity index (χ2v) is 5.98. The molecule has 1 N–H and O–H groups in total. The van der Waals surface area contributed by atoms with Crippen LogP contribution in [0, 0.1) is 28.7 Å². The van der Waals surface area contributed by atoms with Crippen LogP contribution in [0.2, 0.25) is 0 Å². The number of halogens is 2. The van der Waals surface area contributed by atoms with Crippen molar-refractivity contribution in [1.29, 1.82) is 0 Å². The summed E-state index contributed by atoms with van der Waals surface area (Å²) in [7, 11) is 1.72. The first kappa shape index (κ1) is 19.5. The van der Waals surface area contributed by atoms with Gasteiger partial charge in [-0.05, 0) is 26.1 Å². The fraction of sp³-hybridized carbons (Fsp3) is 0.278. The van der Waals surface area contributed by atoms with E-state index in [1.54, 1.807) is 24.9 Å². The van der Waals surface area contributed by atoms with Crippen LogP contribution < -0.4 is 5.32 Å². The molecule has 0 aromatic heterocycles. The first-order valence-electron chi connectivity index (χ1n) is 7.94. The molecular formula is C18H19F2N3O3. The van der Waals surface area contributed by atoms with Crippen molar-refractivity contribution in [3.63, 3.8) is 0 Å². The molecule has 0 unspecified atom stereocenters. The summed E-state index contributed by atoms with van der Waals surface area (Å²) in [6.07, 6.45) is 0.126. The lowest BCUT2D eigenvalue weighted by Gasteiger charge is -2.17. The number of nitrogens with one attached hydrogen (secondary N) is 1. The number of benzene rings is 2. The average molecular weight is 363 g/mol. The van der Waals surface area contributed by atoms with Crippen LogP contribution in [0.15, 0.2) is 36.4 Å². The van der Waals surface area contributed by atoms with Crippen molar-refractivity contribution < 1.29 is 18.5 Å². The van der Waals surface area contributed by atoms with E-state index in [1.165, 1.54) is 24.3 Å². The van der Waals surface area contributed by atoms with E-state index >= 15 is 0 Å². The summed E-state index contributed by atoms with van der Waals surface area (Å²) in [5, 5.41) is 13.6. The number of nitro benzene ring substituents is 1. The smallest absolute Gasteiger partial charge is 0.274 e. The number of amides is 1. The van der Waals surface area contributed by atoms with E-state index in [1.807, 2.05) is 0 Å². The molecule has 0 radical (unpaired) electrons. The highest BCUT2D eigenvalue weighted by Gasteiger charge is 2.15. The molecule has 0 aliphatic carbocycles. The Morgan fingerprint density at radius 1 is 1.27 bits per heavy atom. The lowest BCUT2D eigenvalue weighted by Crippen LogP contribution is -2.24. The predicted octanol–water partition coefficient (Wildman–Crippen LogP) is 3.64. The Balaban J connectivity index is 1.90. The average Bonchev–Trinajstić information content (AvgIpc) is 2.57. The Kier molecular flexibility index (Phi) is 6.35. The Morgan fingerprint density at radius 2 is 2.00 bits per heavy atom. The van der Waals surface area contributed by atoms with Crippen LogP contribution in [0.1, 0.15) is 17.5 Å². The number of hydrogen-bond acceptors (Lipinski definition) is 4. The topological polar surface area (TPSA) is 75.5 Å². The van der Waals surface area contributed by atoms with Crippen molar-refractivity contribution in [2.24, 2.45) is 0 Å². The van der Waals surface area contributed by atoms with Gasteiger partial charge in [0.05, 0.1) is 16.2 Å². The molecule has 0 saturated heterocycles. The van der Waals surface area contributed by atoms with Gasteiger partial charge in [0.15, 0.2) is 0 Å². The lowest BCUT2D eigenvalue weighted by molar-refractivity contribution is -0.385. The van der Waals surface area contributed by atoms with Crippen LogP contribution in [-0.2, 0) is 11.3 Å². The summed E-state index contributed by atoms with van der Waals surface area (Å²) in [6.45, 7) is 2.14. The van der Waals surface area contributed by atoms with Crippen LogP contribution in [0.4, 0.5) is 20.2 Å². The van der Waals surface area contributed by atoms with Crippen LogP contribution in [0.5, 0.6) is 0 Å². The fourth-order valence-corrected chi connectivity index (χ4v) is 2.48. The first-order chi connectivity index (χ1) is 12.3. The monoisotopic (exact) mass is 363 g/mol. The third kappa shape index (κ3) is 5.06. The zero-order valence-electron chi connectivity index (χ0n) is 14.5. The van der Waals surface area contributed by atoms with Gasteiger partial charge in [-0.3, -0.25) is 14.9 Å². The van der Waals surface area contributed by atoms with Gasteiger partial charge in [-0.1, -0.05) is 12.1 Å². The van der Waals surface area contributed by atoms with Gasteiger partial charge in [-0.25, -0.2) is 8.78 Å². The molecule has 0 spiro atoms. The Morgan fingerprint density at radius 3 is 2.65 bits per heavy atom. The molecule has 138 valence electrons. The normalized spacial score (nSPS) is 10.8. The van der Waals surface area contributed by atoms with E-state index < -0.39 is 16.6 Å². The van der Waals surface area contributed by atoms with Crippen molar-refractivity contribution in [3.05, 3.63) is 69.3 Å². The highest BCUT2D eigenvalue weighted by molar-refractivity contribution is 5.92. The molecule has 0 bridgehead atoms. The number of nitrogens with zero attached hydrogens (tertiary/aromatic N) is 2. The summed E-state index contributed by atoms with van der Waals surface area (Å²) < 4.78 is 26.6. The molecule has 8 heteroatoms. The number of hydrogen-bond donors (Lipinski definition) is 1. The molecule has 26 heavy (non-hydrogen) atoms. The Bertz CT molecular complexity index is 827. The van der Waals surface area contributed by atoms with Crippen molar-refractivity contribution in [3.8, 4) is 0 Å². The van der Waals surface area contributed by atoms with E-state index in [-0.39, 0.29) is 24.6 Å². The van der Waals surface area contributed by atoms with E-state index in [0.717, 1.165) is 6.07 Å². The molecule has 1 amide bonds. The molecule has 0 atom stereocenters. The fourth-order valence-electron chi connectivity index (χ4n) is 2.48. The van der Waals surface area contributed by atoms with Gasteiger partial charge in [-0.15, -0.1) is 0 Å². The summed E-state index contributed by atoms with van der Waals surface area (Å²) in [6, 6.07) is 7.84. The van der Waals surface area contributed by atoms with Gasteiger partial charge in [0.1, 0.15) is 11.6 Å². The van der Waals surface area contributed by atoms with Crippen LogP contribution in [0.25, 0.3) is 0 Å². The number of rotatable bonds is 7. The van der Waals surface area contributed by atoms with Crippen LogP contribution >= 0.6 is 0 Å². The van der Waals surface area contributed by atoms with Gasteiger partial charge in [0, 0.05) is 37.2 Å². The van der Waals surface area contributed by atoms with Gasteiger partial charge in [0.2, 0.25) is 5.91 Å². The van der Waals surface area contributed by atoms with E-state index in [4.69, 9.17) is 0 Å².